The zero-order chi connectivity index (χ0) is 12.3. The van der Waals surface area contributed by atoms with Gasteiger partial charge in [0.15, 0.2) is 5.75 Å². The molecule has 0 spiro atoms. The number of nitrogens with one attached hydrogen (secondary N) is 1. The fourth-order valence-electron chi connectivity index (χ4n) is 2.22. The zero-order valence-corrected chi connectivity index (χ0v) is 10.6. The summed E-state index contributed by atoms with van der Waals surface area (Å²) in [5.74, 6) is 7.33. The van der Waals surface area contributed by atoms with Gasteiger partial charge in [-0.2, -0.15) is 5.10 Å². The van der Waals surface area contributed by atoms with Crippen molar-refractivity contribution in [3.63, 3.8) is 0 Å². The van der Waals surface area contributed by atoms with Gasteiger partial charge in [-0.05, 0) is 18.8 Å². The molecule has 0 aliphatic heterocycles. The van der Waals surface area contributed by atoms with Crippen molar-refractivity contribution < 1.29 is 4.74 Å². The van der Waals surface area contributed by atoms with Crippen LogP contribution in [-0.4, -0.2) is 16.9 Å². The number of aromatic nitrogens is 2. The van der Waals surface area contributed by atoms with Crippen LogP contribution in [0, 0.1) is 5.92 Å². The molecule has 1 aromatic heterocycles. The van der Waals surface area contributed by atoms with Crippen LogP contribution in [0.1, 0.15) is 44.3 Å². The van der Waals surface area contributed by atoms with E-state index >= 15 is 0 Å². The van der Waals surface area contributed by atoms with Gasteiger partial charge >= 0.3 is 0 Å². The Morgan fingerprint density at radius 3 is 2.94 bits per heavy atom. The van der Waals surface area contributed by atoms with E-state index in [0.717, 1.165) is 36.7 Å². The van der Waals surface area contributed by atoms with Gasteiger partial charge in [-0.15, -0.1) is 0 Å². The summed E-state index contributed by atoms with van der Waals surface area (Å²) >= 11 is 0. The lowest BCUT2D eigenvalue weighted by Crippen LogP contribution is -2.30. The minimum absolute atomic E-state index is 0.145. The van der Waals surface area contributed by atoms with Crippen molar-refractivity contribution in [1.82, 2.24) is 15.2 Å². The molecule has 96 valence electrons. The molecule has 17 heavy (non-hydrogen) atoms. The summed E-state index contributed by atoms with van der Waals surface area (Å²) in [6.45, 7) is 3.05. The predicted octanol–water partition coefficient (Wildman–Crippen LogP) is 1.61. The fraction of sp³-hybridized carbons (Fsp3) is 0.750. The number of aryl methyl sites for hydroxylation is 1. The highest BCUT2D eigenvalue weighted by atomic mass is 16.5. The molecule has 0 saturated heterocycles. The quantitative estimate of drug-likeness (QED) is 0.559. The molecular weight excluding hydrogens is 216 g/mol. The number of rotatable bonds is 7. The van der Waals surface area contributed by atoms with Crippen molar-refractivity contribution in [1.29, 1.82) is 0 Å². The van der Waals surface area contributed by atoms with Gasteiger partial charge in [0.25, 0.3) is 0 Å². The average Bonchev–Trinajstić information content (AvgIpc) is 3.07. The molecule has 1 unspecified atom stereocenters. The SMILES string of the molecule is CCCn1ncc(OC)c1C(CC1CC1)NN. The minimum atomic E-state index is 0.145. The van der Waals surface area contributed by atoms with E-state index in [1.807, 2.05) is 4.68 Å². The van der Waals surface area contributed by atoms with Crippen molar-refractivity contribution in [2.24, 2.45) is 11.8 Å². The van der Waals surface area contributed by atoms with Crippen LogP contribution in [0.4, 0.5) is 0 Å². The summed E-state index contributed by atoms with van der Waals surface area (Å²) < 4.78 is 7.38. The molecule has 0 radical (unpaired) electrons. The van der Waals surface area contributed by atoms with Gasteiger partial charge < -0.3 is 4.74 Å². The van der Waals surface area contributed by atoms with Crippen LogP contribution in [0.15, 0.2) is 6.20 Å². The highest BCUT2D eigenvalue weighted by molar-refractivity contribution is 5.28. The lowest BCUT2D eigenvalue weighted by molar-refractivity contribution is 0.379. The molecule has 1 atom stereocenters. The molecule has 1 aliphatic carbocycles. The summed E-state index contributed by atoms with van der Waals surface area (Å²) in [4.78, 5) is 0. The van der Waals surface area contributed by atoms with Crippen LogP contribution in [-0.2, 0) is 6.54 Å². The third-order valence-electron chi connectivity index (χ3n) is 3.30. The molecule has 0 bridgehead atoms. The molecule has 0 amide bonds. The van der Waals surface area contributed by atoms with Crippen LogP contribution in [0.5, 0.6) is 5.75 Å². The first-order valence-corrected chi connectivity index (χ1v) is 6.36. The number of ether oxygens (including phenoxy) is 1. The lowest BCUT2D eigenvalue weighted by atomic mass is 10.1. The number of hydrazine groups is 1. The first kappa shape index (κ1) is 12.4. The van der Waals surface area contributed by atoms with Crippen LogP contribution >= 0.6 is 0 Å². The lowest BCUT2D eigenvalue weighted by Gasteiger charge is -2.18. The van der Waals surface area contributed by atoms with Gasteiger partial charge in [-0.1, -0.05) is 19.8 Å². The van der Waals surface area contributed by atoms with Gasteiger partial charge in [0.1, 0.15) is 0 Å². The second-order valence-corrected chi connectivity index (χ2v) is 4.72. The second kappa shape index (κ2) is 5.51. The Hall–Kier alpha value is -1.07. The van der Waals surface area contributed by atoms with Crippen molar-refractivity contribution >= 4 is 0 Å². The topological polar surface area (TPSA) is 65.1 Å². The number of nitrogens with zero attached hydrogens (tertiary/aromatic N) is 2. The molecule has 1 heterocycles. The molecule has 0 aromatic carbocycles. The van der Waals surface area contributed by atoms with Gasteiger partial charge in [0, 0.05) is 6.54 Å². The third-order valence-corrected chi connectivity index (χ3v) is 3.30. The van der Waals surface area contributed by atoms with E-state index in [-0.39, 0.29) is 6.04 Å². The van der Waals surface area contributed by atoms with Crippen molar-refractivity contribution in [2.75, 3.05) is 7.11 Å². The Morgan fingerprint density at radius 2 is 2.41 bits per heavy atom. The zero-order valence-electron chi connectivity index (χ0n) is 10.6. The average molecular weight is 238 g/mol. The second-order valence-electron chi connectivity index (χ2n) is 4.72. The number of hydrogen-bond acceptors (Lipinski definition) is 4. The van der Waals surface area contributed by atoms with Crippen LogP contribution in [0.3, 0.4) is 0 Å². The Morgan fingerprint density at radius 1 is 1.65 bits per heavy atom. The summed E-state index contributed by atoms with van der Waals surface area (Å²) in [6.07, 6.45) is 6.55. The van der Waals surface area contributed by atoms with E-state index in [4.69, 9.17) is 10.6 Å². The Kier molecular flexibility index (Phi) is 4.02. The van der Waals surface area contributed by atoms with Gasteiger partial charge in [0.05, 0.1) is 25.0 Å². The molecule has 5 heteroatoms. The third kappa shape index (κ3) is 2.79. The summed E-state index contributed by atoms with van der Waals surface area (Å²) in [6, 6.07) is 0.145. The van der Waals surface area contributed by atoms with E-state index in [0.29, 0.717) is 0 Å². The predicted molar refractivity (Wildman–Crippen MR) is 66.5 cm³/mol. The van der Waals surface area contributed by atoms with Gasteiger partial charge in [-0.25, -0.2) is 0 Å². The standard InChI is InChI=1S/C12H22N4O/c1-3-6-16-12(11(17-2)8-14-16)10(15-13)7-9-4-5-9/h8-10,15H,3-7,13H2,1-2H3. The molecule has 1 fully saturated rings. The van der Waals surface area contributed by atoms with E-state index in [2.05, 4.69) is 17.4 Å². The maximum atomic E-state index is 5.68. The first-order valence-electron chi connectivity index (χ1n) is 6.36. The molecule has 1 aliphatic rings. The van der Waals surface area contributed by atoms with Crippen LogP contribution in [0.2, 0.25) is 0 Å². The normalized spacial score (nSPS) is 17.1. The highest BCUT2D eigenvalue weighted by Crippen LogP contribution is 2.39. The maximum Gasteiger partial charge on any atom is 0.161 e. The minimum Gasteiger partial charge on any atom is -0.493 e. The van der Waals surface area contributed by atoms with E-state index in [9.17, 15) is 0 Å². The van der Waals surface area contributed by atoms with Gasteiger partial charge in [0.2, 0.25) is 0 Å². The summed E-state index contributed by atoms with van der Waals surface area (Å²) in [5.41, 5.74) is 4.00. The summed E-state index contributed by atoms with van der Waals surface area (Å²) in [5, 5.41) is 4.37. The van der Waals surface area contributed by atoms with Crippen molar-refractivity contribution in [2.45, 2.75) is 45.2 Å². The highest BCUT2D eigenvalue weighted by Gasteiger charge is 2.29. The van der Waals surface area contributed by atoms with E-state index in [1.165, 1.54) is 12.8 Å². The Bertz CT molecular complexity index is 359. The Balaban J connectivity index is 2.20. The van der Waals surface area contributed by atoms with E-state index in [1.54, 1.807) is 13.3 Å². The fourth-order valence-corrected chi connectivity index (χ4v) is 2.22. The van der Waals surface area contributed by atoms with Gasteiger partial charge in [-0.3, -0.25) is 16.0 Å². The number of hydrogen-bond donors (Lipinski definition) is 2. The van der Waals surface area contributed by atoms with E-state index < -0.39 is 0 Å². The molecule has 2 rings (SSSR count). The smallest absolute Gasteiger partial charge is 0.161 e. The van der Waals surface area contributed by atoms with Crippen molar-refractivity contribution in [3.05, 3.63) is 11.9 Å². The van der Waals surface area contributed by atoms with Crippen LogP contribution in [0.25, 0.3) is 0 Å². The first-order chi connectivity index (χ1) is 8.30. The molecule has 3 N–H and O–H groups in total. The molecule has 5 nitrogen and oxygen atoms in total. The largest absolute Gasteiger partial charge is 0.493 e. The van der Waals surface area contributed by atoms with Crippen molar-refractivity contribution in [3.8, 4) is 5.75 Å². The Labute approximate surface area is 102 Å². The number of methoxy groups -OCH3 is 1. The summed E-state index contributed by atoms with van der Waals surface area (Å²) in [7, 11) is 1.68. The molecule has 1 aromatic rings. The number of nitrogens with two attached hydrogens (primary N) is 1. The molecular formula is C12H22N4O. The monoisotopic (exact) mass is 238 g/mol. The van der Waals surface area contributed by atoms with Crippen LogP contribution < -0.4 is 16.0 Å². The maximum absolute atomic E-state index is 5.68. The molecule has 1 saturated carbocycles.